The second-order valence-electron chi connectivity index (χ2n) is 7.88. The van der Waals surface area contributed by atoms with Crippen LogP contribution in [-0.4, -0.2) is 51.3 Å². The summed E-state index contributed by atoms with van der Waals surface area (Å²) >= 11 is 0. The van der Waals surface area contributed by atoms with Crippen molar-refractivity contribution in [3.63, 3.8) is 0 Å². The van der Waals surface area contributed by atoms with Gasteiger partial charge in [0, 0.05) is 63.9 Å². The molecule has 29 heavy (non-hydrogen) atoms. The number of hydrogen-bond acceptors (Lipinski definition) is 4. The van der Waals surface area contributed by atoms with Gasteiger partial charge in [0.1, 0.15) is 5.82 Å². The number of piperidine rings is 1. The molecule has 0 saturated carbocycles. The van der Waals surface area contributed by atoms with E-state index in [1.54, 1.807) is 18.0 Å². The lowest BCUT2D eigenvalue weighted by Gasteiger charge is -2.34. The SMILES string of the molecule is Cn1nc2c(cc1=O)CN(C(=O)NC1CCN(Cc3ccc(F)cc3)CC1)CC2. The van der Waals surface area contributed by atoms with Crippen molar-refractivity contribution in [2.24, 2.45) is 7.05 Å². The first-order valence-electron chi connectivity index (χ1n) is 10.1. The van der Waals surface area contributed by atoms with Crippen LogP contribution in [0, 0.1) is 5.82 Å². The molecule has 2 aromatic rings. The Morgan fingerprint density at radius 3 is 2.66 bits per heavy atom. The van der Waals surface area contributed by atoms with Crippen molar-refractivity contribution in [1.82, 2.24) is 24.9 Å². The Labute approximate surface area is 169 Å². The molecule has 2 aliphatic rings. The lowest BCUT2D eigenvalue weighted by molar-refractivity contribution is 0.165. The number of hydrogen-bond donors (Lipinski definition) is 1. The third-order valence-electron chi connectivity index (χ3n) is 5.76. The zero-order chi connectivity index (χ0) is 20.4. The third kappa shape index (κ3) is 4.64. The standard InChI is InChI=1S/C21H26FN5O2/c1-25-20(28)12-16-14-27(11-8-19(16)24-25)21(29)23-18-6-9-26(10-7-18)13-15-2-4-17(22)5-3-15/h2-5,12,18H,6-11,13-14H2,1H3,(H,23,29). The highest BCUT2D eigenvalue weighted by Gasteiger charge is 2.26. The summed E-state index contributed by atoms with van der Waals surface area (Å²) in [4.78, 5) is 28.6. The van der Waals surface area contributed by atoms with Gasteiger partial charge in [-0.1, -0.05) is 12.1 Å². The maximum Gasteiger partial charge on any atom is 0.317 e. The lowest BCUT2D eigenvalue weighted by atomic mass is 10.0. The van der Waals surface area contributed by atoms with Crippen LogP contribution in [-0.2, 0) is 26.6 Å². The zero-order valence-corrected chi connectivity index (χ0v) is 16.6. The van der Waals surface area contributed by atoms with Gasteiger partial charge >= 0.3 is 6.03 Å². The minimum absolute atomic E-state index is 0.0756. The van der Waals surface area contributed by atoms with Crippen LogP contribution in [0.4, 0.5) is 9.18 Å². The van der Waals surface area contributed by atoms with Crippen LogP contribution < -0.4 is 10.9 Å². The maximum absolute atomic E-state index is 13.0. The van der Waals surface area contributed by atoms with Crippen LogP contribution in [0.5, 0.6) is 0 Å². The number of urea groups is 1. The van der Waals surface area contributed by atoms with Gasteiger partial charge in [-0.3, -0.25) is 9.69 Å². The van der Waals surface area contributed by atoms with Gasteiger partial charge in [0.05, 0.1) is 5.69 Å². The van der Waals surface area contributed by atoms with Gasteiger partial charge in [0.25, 0.3) is 5.56 Å². The van der Waals surface area contributed by atoms with E-state index in [-0.39, 0.29) is 23.4 Å². The molecule has 0 radical (unpaired) electrons. The largest absolute Gasteiger partial charge is 0.335 e. The van der Waals surface area contributed by atoms with E-state index in [1.807, 2.05) is 12.1 Å². The quantitative estimate of drug-likeness (QED) is 0.852. The number of benzene rings is 1. The van der Waals surface area contributed by atoms with Gasteiger partial charge in [-0.2, -0.15) is 5.10 Å². The number of nitrogens with one attached hydrogen (secondary N) is 1. The molecule has 0 unspecified atom stereocenters. The number of halogens is 1. The first-order chi connectivity index (χ1) is 14.0. The molecule has 0 aliphatic carbocycles. The molecule has 0 spiro atoms. The fourth-order valence-corrected chi connectivity index (χ4v) is 4.02. The van der Waals surface area contributed by atoms with Gasteiger partial charge in [0.15, 0.2) is 0 Å². The first-order valence-corrected chi connectivity index (χ1v) is 10.1. The van der Waals surface area contributed by atoms with Gasteiger partial charge in [0.2, 0.25) is 0 Å². The van der Waals surface area contributed by atoms with Crippen molar-refractivity contribution >= 4 is 6.03 Å². The molecule has 154 valence electrons. The second-order valence-corrected chi connectivity index (χ2v) is 7.88. The summed E-state index contributed by atoms with van der Waals surface area (Å²) in [6.45, 7) is 3.61. The highest BCUT2D eigenvalue weighted by molar-refractivity contribution is 5.74. The van der Waals surface area contributed by atoms with E-state index in [0.29, 0.717) is 19.5 Å². The van der Waals surface area contributed by atoms with Crippen LogP contribution in [0.1, 0.15) is 29.7 Å². The molecule has 1 aromatic carbocycles. The highest BCUT2D eigenvalue weighted by atomic mass is 19.1. The number of carbonyl (C=O) groups excluding carboxylic acids is 1. The van der Waals surface area contributed by atoms with E-state index in [1.165, 1.54) is 16.8 Å². The van der Waals surface area contributed by atoms with Crippen LogP contribution in [0.3, 0.4) is 0 Å². The summed E-state index contributed by atoms with van der Waals surface area (Å²) in [5, 5.41) is 7.43. The Hall–Kier alpha value is -2.74. The number of likely N-dealkylation sites (tertiary alicyclic amines) is 1. The molecule has 4 rings (SSSR count). The number of aromatic nitrogens is 2. The number of amides is 2. The topological polar surface area (TPSA) is 70.5 Å². The van der Waals surface area contributed by atoms with E-state index < -0.39 is 0 Å². The third-order valence-corrected chi connectivity index (χ3v) is 5.76. The number of rotatable bonds is 3. The van der Waals surface area contributed by atoms with E-state index >= 15 is 0 Å². The summed E-state index contributed by atoms with van der Waals surface area (Å²) < 4.78 is 14.4. The molecular formula is C21H26FN5O2. The van der Waals surface area contributed by atoms with Crippen LogP contribution in [0.2, 0.25) is 0 Å². The number of aryl methyl sites for hydroxylation is 1. The summed E-state index contributed by atoms with van der Waals surface area (Å²) in [6.07, 6.45) is 2.44. The molecule has 3 heterocycles. The van der Waals surface area contributed by atoms with Crippen LogP contribution in [0.15, 0.2) is 35.1 Å². The number of nitrogens with zero attached hydrogens (tertiary/aromatic N) is 4. The van der Waals surface area contributed by atoms with E-state index in [9.17, 15) is 14.0 Å². The molecule has 2 amide bonds. The molecule has 7 nitrogen and oxygen atoms in total. The van der Waals surface area contributed by atoms with Crippen LogP contribution >= 0.6 is 0 Å². The van der Waals surface area contributed by atoms with Crippen LogP contribution in [0.25, 0.3) is 0 Å². The van der Waals surface area contributed by atoms with Crippen molar-refractivity contribution in [2.45, 2.75) is 38.4 Å². The van der Waals surface area contributed by atoms with Crippen molar-refractivity contribution in [3.05, 3.63) is 63.3 Å². The van der Waals surface area contributed by atoms with Crippen molar-refractivity contribution in [1.29, 1.82) is 0 Å². The fourth-order valence-electron chi connectivity index (χ4n) is 4.02. The summed E-state index contributed by atoms with van der Waals surface area (Å²) in [7, 11) is 1.64. The number of fused-ring (bicyclic) bond motifs is 1. The first kappa shape index (κ1) is 19.6. The molecule has 8 heteroatoms. The van der Waals surface area contributed by atoms with Gasteiger partial charge in [-0.15, -0.1) is 0 Å². The van der Waals surface area contributed by atoms with Crippen molar-refractivity contribution in [2.75, 3.05) is 19.6 Å². The Balaban J connectivity index is 1.27. The minimum atomic E-state index is -0.216. The Morgan fingerprint density at radius 2 is 1.93 bits per heavy atom. The Kier molecular flexibility index (Phi) is 5.62. The van der Waals surface area contributed by atoms with E-state index in [2.05, 4.69) is 15.3 Å². The van der Waals surface area contributed by atoms with Crippen molar-refractivity contribution < 1.29 is 9.18 Å². The fraction of sp³-hybridized carbons (Fsp3) is 0.476. The predicted octanol–water partition coefficient (Wildman–Crippen LogP) is 1.65. The lowest BCUT2D eigenvalue weighted by Crippen LogP contribution is -2.50. The molecule has 1 aromatic heterocycles. The zero-order valence-electron chi connectivity index (χ0n) is 16.6. The molecular weight excluding hydrogens is 373 g/mol. The summed E-state index contributed by atoms with van der Waals surface area (Å²) in [6, 6.07) is 8.27. The molecule has 1 N–H and O–H groups in total. The monoisotopic (exact) mass is 399 g/mol. The average Bonchev–Trinajstić information content (AvgIpc) is 2.71. The summed E-state index contributed by atoms with van der Waals surface area (Å²) in [5.74, 6) is -0.216. The Bertz CT molecular complexity index is 935. The number of carbonyl (C=O) groups is 1. The van der Waals surface area contributed by atoms with Gasteiger partial charge in [-0.05, 0) is 30.5 Å². The second kappa shape index (κ2) is 8.32. The minimum Gasteiger partial charge on any atom is -0.335 e. The molecule has 1 fully saturated rings. The summed E-state index contributed by atoms with van der Waals surface area (Å²) in [5.41, 5.74) is 2.68. The van der Waals surface area contributed by atoms with Gasteiger partial charge < -0.3 is 10.2 Å². The maximum atomic E-state index is 13.0. The highest BCUT2D eigenvalue weighted by Crippen LogP contribution is 2.17. The van der Waals surface area contributed by atoms with E-state index in [0.717, 1.165) is 49.3 Å². The predicted molar refractivity (Wildman–Crippen MR) is 107 cm³/mol. The smallest absolute Gasteiger partial charge is 0.317 e. The van der Waals surface area contributed by atoms with Gasteiger partial charge in [-0.25, -0.2) is 13.9 Å². The van der Waals surface area contributed by atoms with E-state index in [4.69, 9.17) is 0 Å². The molecule has 2 aliphatic heterocycles. The average molecular weight is 399 g/mol. The molecule has 0 atom stereocenters. The molecule has 1 saturated heterocycles. The van der Waals surface area contributed by atoms with Crippen molar-refractivity contribution in [3.8, 4) is 0 Å². The Morgan fingerprint density at radius 1 is 1.21 bits per heavy atom. The normalized spacial score (nSPS) is 17.8. The molecule has 0 bridgehead atoms.